The summed E-state index contributed by atoms with van der Waals surface area (Å²) in [6, 6.07) is 10.2. The van der Waals surface area contributed by atoms with Crippen molar-refractivity contribution in [3.63, 3.8) is 0 Å². The lowest BCUT2D eigenvalue weighted by Crippen LogP contribution is -2.52. The lowest BCUT2D eigenvalue weighted by Gasteiger charge is -2.33. The lowest BCUT2D eigenvalue weighted by molar-refractivity contribution is -0.146. The maximum Gasteiger partial charge on any atom is 0.311 e. The van der Waals surface area contributed by atoms with Gasteiger partial charge in [-0.25, -0.2) is 0 Å². The summed E-state index contributed by atoms with van der Waals surface area (Å²) in [6.45, 7) is 6.38. The van der Waals surface area contributed by atoms with E-state index in [0.29, 0.717) is 19.6 Å². The van der Waals surface area contributed by atoms with Crippen LogP contribution in [-0.4, -0.2) is 60.9 Å². The number of amides is 2. The molecule has 0 saturated carbocycles. The van der Waals surface area contributed by atoms with Crippen molar-refractivity contribution < 1.29 is 9.59 Å². The summed E-state index contributed by atoms with van der Waals surface area (Å²) in [4.78, 5) is 28.0. The average molecular weight is 343 g/mol. The number of nitrogens with one attached hydrogen (secondary N) is 1. The smallest absolute Gasteiger partial charge is 0.311 e. The number of rotatable bonds is 7. The van der Waals surface area contributed by atoms with Crippen molar-refractivity contribution in [2.75, 3.05) is 39.3 Å². The van der Waals surface area contributed by atoms with Crippen molar-refractivity contribution in [1.29, 1.82) is 0 Å². The molecule has 1 aliphatic heterocycles. The molecule has 0 aliphatic carbocycles. The highest BCUT2D eigenvalue weighted by molar-refractivity contribution is 6.35. The van der Waals surface area contributed by atoms with Crippen molar-refractivity contribution in [3.05, 3.63) is 42.0 Å². The van der Waals surface area contributed by atoms with Crippen LogP contribution in [0.1, 0.15) is 31.7 Å². The quantitative estimate of drug-likeness (QED) is 0.610. The summed E-state index contributed by atoms with van der Waals surface area (Å²) in [7, 11) is 0. The Balaban J connectivity index is 1.67. The van der Waals surface area contributed by atoms with E-state index in [9.17, 15) is 9.59 Å². The number of nitrogens with zero attached hydrogens (tertiary/aromatic N) is 2. The largest absolute Gasteiger partial charge is 0.348 e. The number of benzene rings is 1. The molecule has 1 aliphatic rings. The van der Waals surface area contributed by atoms with Crippen molar-refractivity contribution >= 4 is 17.9 Å². The van der Waals surface area contributed by atoms with Gasteiger partial charge in [-0.1, -0.05) is 62.2 Å². The number of hydrogen-bond donors (Lipinski definition) is 1. The zero-order chi connectivity index (χ0) is 17.9. The second-order valence-corrected chi connectivity index (χ2v) is 6.37. The molecule has 136 valence electrons. The molecule has 0 bridgehead atoms. The van der Waals surface area contributed by atoms with E-state index >= 15 is 0 Å². The third-order valence-corrected chi connectivity index (χ3v) is 4.39. The van der Waals surface area contributed by atoms with Crippen LogP contribution < -0.4 is 5.32 Å². The number of piperazine rings is 1. The van der Waals surface area contributed by atoms with E-state index < -0.39 is 11.8 Å². The van der Waals surface area contributed by atoms with E-state index in [1.54, 1.807) is 4.90 Å². The van der Waals surface area contributed by atoms with E-state index in [1.165, 1.54) is 5.56 Å². The fourth-order valence-electron chi connectivity index (χ4n) is 2.83. The van der Waals surface area contributed by atoms with Gasteiger partial charge >= 0.3 is 11.8 Å². The minimum atomic E-state index is -0.464. The van der Waals surface area contributed by atoms with Gasteiger partial charge in [0.05, 0.1) is 0 Å². The predicted octanol–water partition coefficient (Wildman–Crippen LogP) is 2.15. The molecular formula is C20H29N3O2. The van der Waals surface area contributed by atoms with Gasteiger partial charge in [0.25, 0.3) is 0 Å². The minimum absolute atomic E-state index is 0.393. The average Bonchev–Trinajstić information content (AvgIpc) is 2.66. The fraction of sp³-hybridized carbons (Fsp3) is 0.500. The lowest BCUT2D eigenvalue weighted by atomic mass is 10.2. The zero-order valence-electron chi connectivity index (χ0n) is 15.1. The Hall–Kier alpha value is -2.14. The third-order valence-electron chi connectivity index (χ3n) is 4.39. The molecule has 2 rings (SSSR count). The highest BCUT2D eigenvalue weighted by Crippen LogP contribution is 2.05. The number of hydrogen-bond acceptors (Lipinski definition) is 3. The predicted molar refractivity (Wildman–Crippen MR) is 101 cm³/mol. The molecule has 1 fully saturated rings. The molecule has 0 unspecified atom stereocenters. The number of unbranched alkanes of at least 4 members (excludes halogenated alkanes) is 2. The van der Waals surface area contributed by atoms with Gasteiger partial charge < -0.3 is 10.2 Å². The Morgan fingerprint density at radius 2 is 1.80 bits per heavy atom. The zero-order valence-corrected chi connectivity index (χ0v) is 15.1. The molecule has 2 amide bonds. The van der Waals surface area contributed by atoms with E-state index in [4.69, 9.17) is 0 Å². The van der Waals surface area contributed by atoms with Crippen LogP contribution in [0.2, 0.25) is 0 Å². The molecule has 1 aromatic carbocycles. The molecule has 5 nitrogen and oxygen atoms in total. The maximum atomic E-state index is 12.1. The van der Waals surface area contributed by atoms with Crippen LogP contribution in [0.25, 0.3) is 6.08 Å². The van der Waals surface area contributed by atoms with Crippen molar-refractivity contribution in [1.82, 2.24) is 15.1 Å². The number of carbonyl (C=O) groups excluding carboxylic acids is 2. The topological polar surface area (TPSA) is 52.7 Å². The van der Waals surface area contributed by atoms with E-state index in [0.717, 1.165) is 38.9 Å². The molecule has 25 heavy (non-hydrogen) atoms. The van der Waals surface area contributed by atoms with Gasteiger partial charge in [0, 0.05) is 39.3 Å². The first-order valence-corrected chi connectivity index (χ1v) is 9.21. The van der Waals surface area contributed by atoms with Crippen LogP contribution >= 0.6 is 0 Å². The second kappa shape index (κ2) is 10.7. The Kier molecular flexibility index (Phi) is 8.19. The summed E-state index contributed by atoms with van der Waals surface area (Å²) in [6.07, 6.45) is 7.36. The van der Waals surface area contributed by atoms with E-state index in [-0.39, 0.29) is 0 Å². The van der Waals surface area contributed by atoms with Gasteiger partial charge in [-0.2, -0.15) is 0 Å². The normalized spacial score (nSPS) is 15.5. The molecule has 0 radical (unpaired) electrons. The van der Waals surface area contributed by atoms with Crippen LogP contribution in [0.4, 0.5) is 0 Å². The Bertz CT molecular complexity index is 564. The molecule has 1 aromatic rings. The van der Waals surface area contributed by atoms with Crippen LogP contribution in [-0.2, 0) is 9.59 Å². The summed E-state index contributed by atoms with van der Waals surface area (Å²) >= 11 is 0. The fourth-order valence-corrected chi connectivity index (χ4v) is 2.83. The summed E-state index contributed by atoms with van der Waals surface area (Å²) in [5.74, 6) is -0.857. The van der Waals surface area contributed by atoms with Gasteiger partial charge in [0.2, 0.25) is 0 Å². The Labute approximate surface area is 150 Å². The first-order chi connectivity index (χ1) is 12.2. The van der Waals surface area contributed by atoms with Crippen molar-refractivity contribution in [3.8, 4) is 0 Å². The van der Waals surface area contributed by atoms with Crippen LogP contribution in [0.5, 0.6) is 0 Å². The first-order valence-electron chi connectivity index (χ1n) is 9.21. The molecule has 5 heteroatoms. The molecule has 1 saturated heterocycles. The van der Waals surface area contributed by atoms with Gasteiger partial charge in [-0.15, -0.1) is 0 Å². The molecule has 0 spiro atoms. The van der Waals surface area contributed by atoms with Gasteiger partial charge in [-0.3, -0.25) is 14.5 Å². The SMILES string of the molecule is CCCCCNC(=O)C(=O)N1CCN(C/C=C/c2ccccc2)CC1. The van der Waals surface area contributed by atoms with Crippen molar-refractivity contribution in [2.45, 2.75) is 26.2 Å². The molecule has 1 heterocycles. The monoisotopic (exact) mass is 343 g/mol. The maximum absolute atomic E-state index is 12.1. The Morgan fingerprint density at radius 3 is 2.48 bits per heavy atom. The second-order valence-electron chi connectivity index (χ2n) is 6.37. The van der Waals surface area contributed by atoms with Gasteiger partial charge in [0.15, 0.2) is 0 Å². The minimum Gasteiger partial charge on any atom is -0.348 e. The van der Waals surface area contributed by atoms with Gasteiger partial charge in [0.1, 0.15) is 0 Å². The van der Waals surface area contributed by atoms with Crippen LogP contribution in [0, 0.1) is 0 Å². The number of carbonyl (C=O) groups is 2. The summed E-state index contributed by atoms with van der Waals surface area (Å²) < 4.78 is 0. The third kappa shape index (κ3) is 6.70. The van der Waals surface area contributed by atoms with Crippen molar-refractivity contribution in [2.24, 2.45) is 0 Å². The summed E-state index contributed by atoms with van der Waals surface area (Å²) in [5, 5.41) is 2.72. The van der Waals surface area contributed by atoms with Crippen LogP contribution in [0.3, 0.4) is 0 Å². The summed E-state index contributed by atoms with van der Waals surface area (Å²) in [5.41, 5.74) is 1.19. The van der Waals surface area contributed by atoms with E-state index in [1.807, 2.05) is 18.2 Å². The van der Waals surface area contributed by atoms with Gasteiger partial charge in [-0.05, 0) is 12.0 Å². The first kappa shape index (κ1) is 19.2. The van der Waals surface area contributed by atoms with Crippen LogP contribution in [0.15, 0.2) is 36.4 Å². The molecule has 0 aromatic heterocycles. The van der Waals surface area contributed by atoms with E-state index in [2.05, 4.69) is 41.4 Å². The molecular weight excluding hydrogens is 314 g/mol. The highest BCUT2D eigenvalue weighted by atomic mass is 16.2. The molecule has 1 N–H and O–H groups in total. The standard InChI is InChI=1S/C20H29N3O2/c1-2-3-7-12-21-19(24)20(25)23-16-14-22(15-17-23)13-8-11-18-9-5-4-6-10-18/h4-6,8-11H,2-3,7,12-17H2,1H3,(H,21,24)/b11-8+. The highest BCUT2D eigenvalue weighted by Gasteiger charge is 2.25. The molecule has 0 atom stereocenters. The Morgan fingerprint density at radius 1 is 1.08 bits per heavy atom.